The maximum Gasteiger partial charge on any atom is 0.407 e. The number of allylic oxidation sites excluding steroid dienone is 3. The van der Waals surface area contributed by atoms with Crippen molar-refractivity contribution in [3.63, 3.8) is 0 Å². The van der Waals surface area contributed by atoms with Crippen molar-refractivity contribution >= 4 is 35.7 Å². The number of esters is 1. The third kappa shape index (κ3) is 10.7. The molecule has 2 fully saturated rings. The fourth-order valence-corrected chi connectivity index (χ4v) is 8.74. The topological polar surface area (TPSA) is 196 Å². The quantitative estimate of drug-likeness (QED) is 0.112. The highest BCUT2D eigenvalue weighted by molar-refractivity contribution is 6.24. The van der Waals surface area contributed by atoms with Crippen LogP contribution in [-0.4, -0.2) is 116 Å². The number of ether oxygens (including phenoxy) is 5. The van der Waals surface area contributed by atoms with Crippen LogP contribution in [0, 0.1) is 23.7 Å². The van der Waals surface area contributed by atoms with Crippen LogP contribution < -0.4 is 10.6 Å². The summed E-state index contributed by atoms with van der Waals surface area (Å²) in [5, 5.41) is 15.1. The molecule has 0 saturated carbocycles. The zero-order chi connectivity index (χ0) is 40.5. The van der Waals surface area contributed by atoms with E-state index < -0.39 is 41.9 Å². The summed E-state index contributed by atoms with van der Waals surface area (Å²) < 4.78 is 28.4. The molecule has 3 N–H and O–H groups in total. The van der Waals surface area contributed by atoms with E-state index in [0.717, 1.165) is 17.7 Å². The highest BCUT2D eigenvalue weighted by Crippen LogP contribution is 2.45. The van der Waals surface area contributed by atoms with Crippen LogP contribution in [-0.2, 0) is 44.5 Å². The van der Waals surface area contributed by atoms with E-state index >= 15 is 0 Å². The van der Waals surface area contributed by atoms with Gasteiger partial charge in [0.25, 0.3) is 11.8 Å². The van der Waals surface area contributed by atoms with Gasteiger partial charge in [-0.05, 0) is 73.5 Å². The van der Waals surface area contributed by atoms with E-state index in [9.17, 15) is 33.9 Å². The number of carbonyl (C=O) groups excluding carboxylic acids is 6. The molecule has 0 radical (unpaired) electrons. The molecule has 3 aliphatic heterocycles. The average molecular weight is 794 g/mol. The summed E-state index contributed by atoms with van der Waals surface area (Å²) in [6.07, 6.45) is 8.82. The van der Waals surface area contributed by atoms with Gasteiger partial charge < -0.3 is 34.1 Å². The fraction of sp³-hybridized carbons (Fsp3) is 0.619. The van der Waals surface area contributed by atoms with Gasteiger partial charge in [0.05, 0.1) is 56.7 Å². The number of cyclic esters (lactones) is 1. The van der Waals surface area contributed by atoms with Crippen LogP contribution in [0.2, 0.25) is 0 Å². The van der Waals surface area contributed by atoms with E-state index in [1.54, 1.807) is 18.2 Å². The van der Waals surface area contributed by atoms with Crippen molar-refractivity contribution in [3.8, 4) is 0 Å². The lowest BCUT2D eigenvalue weighted by molar-refractivity contribution is -0.160. The van der Waals surface area contributed by atoms with Crippen LogP contribution in [0.4, 0.5) is 4.79 Å². The molecular formula is C42H55N3O12. The summed E-state index contributed by atoms with van der Waals surface area (Å²) in [6, 6.07) is 4.10. The molecule has 0 aromatic heterocycles. The van der Waals surface area contributed by atoms with E-state index in [4.69, 9.17) is 23.7 Å². The molecule has 310 valence electrons. The van der Waals surface area contributed by atoms with Gasteiger partial charge in [0, 0.05) is 31.9 Å². The number of imide groups is 2. The van der Waals surface area contributed by atoms with E-state index in [0.29, 0.717) is 76.5 Å². The van der Waals surface area contributed by atoms with Crippen LogP contribution in [0.15, 0.2) is 42.0 Å². The summed E-state index contributed by atoms with van der Waals surface area (Å²) in [6.45, 7) is 6.71. The SMILES string of the molecule is C[C@H]1C=C2C=C[C@H](C)[C@H](CC[C@@H]3C[C@@H](O)CC(=O)O3)[C@H]2[C@@H](OC(=O)NCCOCCOCCOCCCc2cccc3c2C(=O)N(C2CCC(=O)NC2=O)C3=O)C1. The number of aryl methyl sites for hydroxylation is 1. The number of nitrogens with zero attached hydrogens (tertiary/aromatic N) is 1. The van der Waals surface area contributed by atoms with Gasteiger partial charge in [0.1, 0.15) is 18.2 Å². The Morgan fingerprint density at radius 1 is 0.965 bits per heavy atom. The number of hydrogen-bond acceptors (Lipinski definition) is 12. The number of rotatable bonds is 18. The van der Waals surface area contributed by atoms with Gasteiger partial charge in [-0.2, -0.15) is 0 Å². The lowest BCUT2D eigenvalue weighted by atomic mass is 9.65. The third-order valence-corrected chi connectivity index (χ3v) is 11.5. The molecule has 6 rings (SSSR count). The molecular weight excluding hydrogens is 738 g/mol. The minimum atomic E-state index is -1.00. The highest BCUT2D eigenvalue weighted by atomic mass is 16.6. The molecule has 1 aromatic carbocycles. The molecule has 0 bridgehead atoms. The van der Waals surface area contributed by atoms with Crippen molar-refractivity contribution in [1.29, 1.82) is 0 Å². The number of aliphatic hydroxyl groups excluding tert-OH is 1. The number of alkyl carbamates (subject to hydrolysis) is 1. The second-order valence-corrected chi connectivity index (χ2v) is 15.7. The highest BCUT2D eigenvalue weighted by Gasteiger charge is 2.46. The molecule has 0 spiro atoms. The first kappa shape index (κ1) is 42.2. The molecule has 5 amide bonds. The molecule has 57 heavy (non-hydrogen) atoms. The number of hydrogen-bond donors (Lipinski definition) is 3. The van der Waals surface area contributed by atoms with Crippen LogP contribution in [0.25, 0.3) is 0 Å². The summed E-state index contributed by atoms with van der Waals surface area (Å²) in [4.78, 5) is 75.9. The van der Waals surface area contributed by atoms with Gasteiger partial charge in [-0.1, -0.05) is 44.2 Å². The first-order valence-electron chi connectivity index (χ1n) is 20.3. The van der Waals surface area contributed by atoms with Crippen LogP contribution in [0.5, 0.6) is 0 Å². The molecule has 15 nitrogen and oxygen atoms in total. The zero-order valence-corrected chi connectivity index (χ0v) is 32.8. The first-order valence-corrected chi connectivity index (χ1v) is 20.3. The van der Waals surface area contributed by atoms with E-state index in [-0.39, 0.29) is 73.2 Å². The normalized spacial score (nSPS) is 28.4. The van der Waals surface area contributed by atoms with Gasteiger partial charge in [0.15, 0.2) is 0 Å². The average Bonchev–Trinajstić information content (AvgIpc) is 3.41. The Labute approximate surface area is 332 Å². The van der Waals surface area contributed by atoms with Gasteiger partial charge in [0.2, 0.25) is 11.8 Å². The minimum absolute atomic E-state index is 0.0376. The Morgan fingerprint density at radius 2 is 1.72 bits per heavy atom. The van der Waals surface area contributed by atoms with E-state index in [1.807, 2.05) is 0 Å². The van der Waals surface area contributed by atoms with Crippen molar-refractivity contribution in [3.05, 3.63) is 58.7 Å². The Balaban J connectivity index is 0.823. The van der Waals surface area contributed by atoms with Crippen molar-refractivity contribution in [2.24, 2.45) is 23.7 Å². The molecule has 2 aliphatic carbocycles. The summed E-state index contributed by atoms with van der Waals surface area (Å²) in [5.74, 6) is -1.69. The van der Waals surface area contributed by atoms with Crippen molar-refractivity contribution < 1.29 is 57.6 Å². The van der Waals surface area contributed by atoms with Crippen molar-refractivity contribution in [1.82, 2.24) is 15.5 Å². The standard InChI is InChI=1S/C42H55N3O12/c1-25-21-28-9-8-26(2)31(11-10-30-23-29(46)24-36(48)56-30)37(28)34(22-25)57-42(52)43-14-16-54-18-20-55-19-17-53-15-4-6-27-5-3-7-32-38(27)41(51)45(40(32)50)33-12-13-35(47)44-39(33)49/h3,5,7-9,21,25-26,29-31,33-34,37,46H,4,6,10-20,22-24H2,1-2H3,(H,43,52)(H,44,47,49)/t25-,26-,29+,30+,31-,33?,34-,37-/m0/s1. The number of benzene rings is 1. The maximum absolute atomic E-state index is 13.3. The number of aliphatic hydroxyl groups is 1. The molecule has 2 saturated heterocycles. The second kappa shape index (κ2) is 19.8. The van der Waals surface area contributed by atoms with E-state index in [1.165, 1.54) is 5.57 Å². The monoisotopic (exact) mass is 793 g/mol. The molecule has 5 aliphatic rings. The van der Waals surface area contributed by atoms with Crippen LogP contribution in [0.1, 0.15) is 91.5 Å². The molecule has 15 heteroatoms. The van der Waals surface area contributed by atoms with Gasteiger partial charge in [-0.3, -0.25) is 34.2 Å². The fourth-order valence-electron chi connectivity index (χ4n) is 8.74. The predicted octanol–water partition coefficient (Wildman–Crippen LogP) is 3.42. The van der Waals surface area contributed by atoms with Gasteiger partial charge in [-0.15, -0.1) is 0 Å². The lowest BCUT2D eigenvalue weighted by Crippen LogP contribution is -2.54. The Bertz CT molecular complexity index is 1730. The molecule has 1 aromatic rings. The number of piperidine rings is 1. The lowest BCUT2D eigenvalue weighted by Gasteiger charge is -2.43. The predicted molar refractivity (Wildman–Crippen MR) is 204 cm³/mol. The zero-order valence-electron chi connectivity index (χ0n) is 32.8. The van der Waals surface area contributed by atoms with Crippen molar-refractivity contribution in [2.75, 3.05) is 46.2 Å². The Morgan fingerprint density at radius 3 is 2.47 bits per heavy atom. The smallest absolute Gasteiger partial charge is 0.407 e. The van der Waals surface area contributed by atoms with Crippen LogP contribution in [0.3, 0.4) is 0 Å². The summed E-state index contributed by atoms with van der Waals surface area (Å²) in [7, 11) is 0. The minimum Gasteiger partial charge on any atom is -0.462 e. The summed E-state index contributed by atoms with van der Waals surface area (Å²) in [5.41, 5.74) is 2.46. The summed E-state index contributed by atoms with van der Waals surface area (Å²) >= 11 is 0. The first-order chi connectivity index (χ1) is 27.5. The Hall–Kier alpha value is -4.44. The molecule has 3 heterocycles. The number of amides is 5. The maximum atomic E-state index is 13.3. The van der Waals surface area contributed by atoms with E-state index in [2.05, 4.69) is 42.7 Å². The largest absolute Gasteiger partial charge is 0.462 e. The van der Waals surface area contributed by atoms with Crippen molar-refractivity contribution in [2.45, 2.75) is 96.0 Å². The van der Waals surface area contributed by atoms with Gasteiger partial charge >= 0.3 is 12.1 Å². The third-order valence-electron chi connectivity index (χ3n) is 11.5. The number of fused-ring (bicyclic) bond motifs is 2. The van der Waals surface area contributed by atoms with Crippen LogP contribution >= 0.6 is 0 Å². The Kier molecular flexibility index (Phi) is 14.7. The number of carbonyl (C=O) groups is 6. The molecule has 1 unspecified atom stereocenters. The second-order valence-electron chi connectivity index (χ2n) is 15.7. The number of nitrogens with one attached hydrogen (secondary N) is 2. The van der Waals surface area contributed by atoms with Gasteiger partial charge in [-0.25, -0.2) is 4.79 Å². The molecule has 8 atom stereocenters.